The number of halogens is 3. The molecule has 0 aromatic heterocycles. The van der Waals surface area contributed by atoms with E-state index in [9.17, 15) is 23.1 Å². The summed E-state index contributed by atoms with van der Waals surface area (Å²) >= 11 is 0. The number of benzene rings is 2. The second-order valence-electron chi connectivity index (χ2n) is 6.03. The van der Waals surface area contributed by atoms with E-state index in [0.29, 0.717) is 22.3 Å². The van der Waals surface area contributed by atoms with Gasteiger partial charge in [0.2, 0.25) is 0 Å². The Hall–Kier alpha value is -2.89. The van der Waals surface area contributed by atoms with E-state index in [1.165, 1.54) is 6.07 Å². The quantitative estimate of drug-likeness (QED) is 0.736. The Morgan fingerprint density at radius 2 is 1.88 bits per heavy atom. The van der Waals surface area contributed by atoms with E-state index >= 15 is 0 Å². The van der Waals surface area contributed by atoms with Gasteiger partial charge >= 0.3 is 12.1 Å². The molecule has 2 aromatic rings. The van der Waals surface area contributed by atoms with E-state index in [2.05, 4.69) is 4.99 Å². The lowest BCUT2D eigenvalue weighted by molar-refractivity contribution is -0.0604. The normalized spacial score (nSPS) is 14.2. The van der Waals surface area contributed by atoms with Crippen LogP contribution in [0.25, 0.3) is 17.2 Å². The molecule has 0 bridgehead atoms. The van der Waals surface area contributed by atoms with E-state index in [-0.39, 0.29) is 24.1 Å². The summed E-state index contributed by atoms with van der Waals surface area (Å²) in [6, 6.07) is 10.1. The Balaban J connectivity index is 2.40. The summed E-state index contributed by atoms with van der Waals surface area (Å²) in [7, 11) is 0. The fourth-order valence-electron chi connectivity index (χ4n) is 3.04. The lowest BCUT2D eigenvalue weighted by Gasteiger charge is -2.19. The zero-order valence-corrected chi connectivity index (χ0v) is 14.0. The van der Waals surface area contributed by atoms with Crippen LogP contribution in [0.3, 0.4) is 0 Å². The van der Waals surface area contributed by atoms with Gasteiger partial charge in [0, 0.05) is 11.1 Å². The number of aromatic carboxylic acids is 1. The minimum atomic E-state index is -4.53. The predicted molar refractivity (Wildman–Crippen MR) is 95.0 cm³/mol. The van der Waals surface area contributed by atoms with Crippen LogP contribution in [0.15, 0.2) is 47.5 Å². The molecule has 3 nitrogen and oxygen atoms in total. The van der Waals surface area contributed by atoms with Crippen molar-refractivity contribution in [2.45, 2.75) is 25.9 Å². The second-order valence-corrected chi connectivity index (χ2v) is 6.03. The molecule has 0 saturated carbocycles. The molecule has 0 unspecified atom stereocenters. The van der Waals surface area contributed by atoms with Crippen molar-refractivity contribution in [1.82, 2.24) is 0 Å². The SMILES string of the molecule is Cc1c(C(=O)O)cc2c(c1-c1ccccc1)N=C(C(F)(F)F)CCC=C2. The van der Waals surface area contributed by atoms with E-state index in [1.807, 2.05) is 0 Å². The minimum absolute atomic E-state index is 0.0524. The Morgan fingerprint density at radius 3 is 2.50 bits per heavy atom. The third kappa shape index (κ3) is 3.40. The number of carboxylic acids is 1. The van der Waals surface area contributed by atoms with Crippen LogP contribution in [-0.2, 0) is 0 Å². The topological polar surface area (TPSA) is 49.7 Å². The highest BCUT2D eigenvalue weighted by atomic mass is 19.4. The monoisotopic (exact) mass is 359 g/mol. The molecule has 0 aliphatic carbocycles. The minimum Gasteiger partial charge on any atom is -0.478 e. The molecule has 0 radical (unpaired) electrons. The van der Waals surface area contributed by atoms with Gasteiger partial charge in [0.1, 0.15) is 5.71 Å². The van der Waals surface area contributed by atoms with Gasteiger partial charge in [-0.2, -0.15) is 13.2 Å². The fraction of sp³-hybridized carbons (Fsp3) is 0.200. The summed E-state index contributed by atoms with van der Waals surface area (Å²) in [5.74, 6) is -1.13. The first kappa shape index (κ1) is 17.9. The first-order valence-corrected chi connectivity index (χ1v) is 8.06. The van der Waals surface area contributed by atoms with Crippen LogP contribution in [0.4, 0.5) is 18.9 Å². The molecule has 26 heavy (non-hydrogen) atoms. The molecule has 0 fully saturated rings. The fourth-order valence-corrected chi connectivity index (χ4v) is 3.04. The second kappa shape index (κ2) is 6.78. The van der Waals surface area contributed by atoms with Crippen LogP contribution in [0, 0.1) is 6.92 Å². The maximum atomic E-state index is 13.3. The number of carboxylic acid groups (broad SMARTS) is 1. The van der Waals surface area contributed by atoms with E-state index < -0.39 is 17.9 Å². The molecule has 3 rings (SSSR count). The van der Waals surface area contributed by atoms with Crippen LogP contribution in [0.5, 0.6) is 0 Å². The Bertz CT molecular complexity index is 913. The number of rotatable bonds is 2. The summed E-state index contributed by atoms with van der Waals surface area (Å²) in [5.41, 5.74) is 1.15. The van der Waals surface area contributed by atoms with Gasteiger partial charge in [-0.1, -0.05) is 42.5 Å². The lowest BCUT2D eigenvalue weighted by atomic mass is 9.90. The van der Waals surface area contributed by atoms with Gasteiger partial charge in [-0.15, -0.1) is 0 Å². The van der Waals surface area contributed by atoms with Crippen molar-refractivity contribution in [3.63, 3.8) is 0 Å². The van der Waals surface area contributed by atoms with E-state index in [1.54, 1.807) is 49.4 Å². The van der Waals surface area contributed by atoms with Gasteiger partial charge in [-0.25, -0.2) is 9.79 Å². The highest BCUT2D eigenvalue weighted by molar-refractivity contribution is 6.00. The first-order valence-electron chi connectivity index (χ1n) is 8.06. The summed E-state index contributed by atoms with van der Waals surface area (Å²) in [4.78, 5) is 15.6. The van der Waals surface area contributed by atoms with Crippen molar-refractivity contribution in [3.05, 3.63) is 59.2 Å². The van der Waals surface area contributed by atoms with Gasteiger partial charge in [-0.3, -0.25) is 0 Å². The Morgan fingerprint density at radius 1 is 1.19 bits per heavy atom. The summed E-state index contributed by atoms with van der Waals surface area (Å²) in [5, 5.41) is 9.51. The molecule has 0 amide bonds. The van der Waals surface area contributed by atoms with Crippen LogP contribution in [-0.4, -0.2) is 23.0 Å². The van der Waals surface area contributed by atoms with Gasteiger partial charge in [0.25, 0.3) is 0 Å². The van der Waals surface area contributed by atoms with Crippen LogP contribution < -0.4 is 0 Å². The molecule has 1 aliphatic rings. The highest BCUT2D eigenvalue weighted by Crippen LogP contribution is 2.41. The molecular formula is C20H16F3NO2. The number of nitrogens with zero attached hydrogens (tertiary/aromatic N) is 1. The number of carbonyl (C=O) groups is 1. The van der Waals surface area contributed by atoms with Crippen molar-refractivity contribution in [1.29, 1.82) is 0 Å². The number of hydrogen-bond acceptors (Lipinski definition) is 2. The maximum absolute atomic E-state index is 13.3. The first-order chi connectivity index (χ1) is 12.3. The third-order valence-electron chi connectivity index (χ3n) is 4.30. The third-order valence-corrected chi connectivity index (χ3v) is 4.30. The van der Waals surface area contributed by atoms with Crippen LogP contribution >= 0.6 is 0 Å². The highest BCUT2D eigenvalue weighted by Gasteiger charge is 2.36. The van der Waals surface area contributed by atoms with Crippen molar-refractivity contribution in [3.8, 4) is 11.1 Å². The van der Waals surface area contributed by atoms with Crippen LogP contribution in [0.2, 0.25) is 0 Å². The van der Waals surface area contributed by atoms with Crippen molar-refractivity contribution in [2.75, 3.05) is 0 Å². The Labute approximate surface area is 148 Å². The largest absolute Gasteiger partial charge is 0.478 e. The average molecular weight is 359 g/mol. The predicted octanol–water partition coefficient (Wildman–Crippen LogP) is 5.80. The van der Waals surface area contributed by atoms with Crippen molar-refractivity contribution >= 4 is 23.4 Å². The molecule has 0 atom stereocenters. The molecule has 6 heteroatoms. The van der Waals surface area contributed by atoms with E-state index in [4.69, 9.17) is 0 Å². The van der Waals surface area contributed by atoms with Gasteiger partial charge < -0.3 is 5.11 Å². The summed E-state index contributed by atoms with van der Waals surface area (Å²) in [6.07, 6.45) is -1.29. The smallest absolute Gasteiger partial charge is 0.429 e. The standard InChI is InChI=1S/C20H16F3NO2/c1-12-15(19(25)26)11-14-9-5-6-10-16(20(21,22)23)24-18(14)17(12)13-7-3-2-4-8-13/h2-5,7-9,11H,6,10H2,1H3,(H,25,26). The average Bonchev–Trinajstić information content (AvgIpc) is 2.55. The number of hydrogen-bond donors (Lipinski definition) is 1. The van der Waals surface area contributed by atoms with Crippen LogP contribution in [0.1, 0.15) is 34.3 Å². The zero-order valence-electron chi connectivity index (χ0n) is 14.0. The maximum Gasteiger partial charge on any atom is 0.429 e. The Kier molecular flexibility index (Phi) is 4.68. The molecule has 134 valence electrons. The summed E-state index contributed by atoms with van der Waals surface area (Å²) < 4.78 is 40.0. The number of aliphatic imine (C=N–C) groups is 1. The lowest BCUT2D eigenvalue weighted by Crippen LogP contribution is -2.23. The van der Waals surface area contributed by atoms with Gasteiger partial charge in [0.05, 0.1) is 11.3 Å². The summed E-state index contributed by atoms with van der Waals surface area (Å²) in [6.45, 7) is 1.59. The number of allylic oxidation sites excluding steroid dienone is 1. The number of alkyl halides is 3. The zero-order chi connectivity index (χ0) is 18.9. The number of fused-ring (bicyclic) bond motifs is 1. The molecule has 1 heterocycles. The molecule has 1 N–H and O–H groups in total. The molecule has 1 aliphatic heterocycles. The van der Waals surface area contributed by atoms with Gasteiger partial charge in [0.15, 0.2) is 0 Å². The van der Waals surface area contributed by atoms with E-state index in [0.717, 1.165) is 0 Å². The molecule has 0 spiro atoms. The molecular weight excluding hydrogens is 343 g/mol. The van der Waals surface area contributed by atoms with Crippen molar-refractivity contribution in [2.24, 2.45) is 4.99 Å². The van der Waals surface area contributed by atoms with Gasteiger partial charge in [-0.05, 0) is 37.0 Å². The van der Waals surface area contributed by atoms with Crippen molar-refractivity contribution < 1.29 is 23.1 Å². The molecule has 2 aromatic carbocycles. The molecule has 0 saturated heterocycles.